The highest BCUT2D eigenvalue weighted by Crippen LogP contribution is 2.68. The highest BCUT2D eigenvalue weighted by molar-refractivity contribution is 5.69. The molecule has 4 rings (SSSR count). The molecule has 0 heterocycles. The van der Waals surface area contributed by atoms with E-state index in [2.05, 4.69) is 38.0 Å². The van der Waals surface area contributed by atoms with Gasteiger partial charge in [0.2, 0.25) is 0 Å². The predicted molar refractivity (Wildman–Crippen MR) is 149 cm³/mol. The lowest BCUT2D eigenvalue weighted by atomic mass is 9.44. The summed E-state index contributed by atoms with van der Waals surface area (Å²) in [6.45, 7) is 11.9. The van der Waals surface area contributed by atoms with Crippen LogP contribution in [0.2, 0.25) is 0 Å². The van der Waals surface area contributed by atoms with Crippen molar-refractivity contribution >= 4 is 5.97 Å². The molecule has 0 aromatic carbocycles. The summed E-state index contributed by atoms with van der Waals surface area (Å²) in [4.78, 5) is 14.2. The summed E-state index contributed by atoms with van der Waals surface area (Å²) < 4.78 is 4.93. The molecule has 4 aliphatic carbocycles. The van der Waals surface area contributed by atoms with Gasteiger partial charge in [-0.2, -0.15) is 0 Å². The minimum atomic E-state index is -0.0415. The number of hydrogen-bond acceptors (Lipinski definition) is 5. The van der Waals surface area contributed by atoms with Gasteiger partial charge in [-0.15, -0.1) is 0 Å². The predicted octanol–water partition coefficient (Wildman–Crippen LogP) is 5.47. The van der Waals surface area contributed by atoms with Crippen LogP contribution in [0.4, 0.5) is 0 Å². The Kier molecular flexibility index (Phi) is 9.48. The molecule has 5 nitrogen and oxygen atoms in total. The zero-order valence-electron chi connectivity index (χ0n) is 24.2. The first kappa shape index (κ1) is 28.4. The van der Waals surface area contributed by atoms with Gasteiger partial charge in [0.05, 0.1) is 7.11 Å². The van der Waals surface area contributed by atoms with Crippen LogP contribution in [0.15, 0.2) is 0 Å². The normalized spacial score (nSPS) is 40.9. The molecule has 0 bridgehead atoms. The highest BCUT2D eigenvalue weighted by atomic mass is 16.5. The van der Waals surface area contributed by atoms with E-state index in [9.17, 15) is 4.79 Å². The number of fused-ring (bicyclic) bond motifs is 5. The summed E-state index contributed by atoms with van der Waals surface area (Å²) in [5, 5.41) is 3.93. The zero-order valence-corrected chi connectivity index (χ0v) is 24.2. The molecule has 0 aliphatic heterocycles. The van der Waals surface area contributed by atoms with Crippen molar-refractivity contribution in [1.82, 2.24) is 10.2 Å². The topological polar surface area (TPSA) is 67.6 Å². The number of rotatable bonds is 11. The molecule has 5 heteroatoms. The van der Waals surface area contributed by atoms with Gasteiger partial charge in [0, 0.05) is 25.6 Å². The van der Waals surface area contributed by atoms with Crippen molar-refractivity contribution in [3.8, 4) is 0 Å². The molecule has 9 atom stereocenters. The fourth-order valence-electron chi connectivity index (χ4n) is 10.0. The molecule has 4 fully saturated rings. The van der Waals surface area contributed by atoms with Crippen LogP contribution in [-0.4, -0.2) is 57.2 Å². The maximum absolute atomic E-state index is 11.8. The van der Waals surface area contributed by atoms with Gasteiger partial charge in [0.1, 0.15) is 0 Å². The average molecular weight is 504 g/mol. The Balaban J connectivity index is 1.32. The summed E-state index contributed by atoms with van der Waals surface area (Å²) >= 11 is 0. The van der Waals surface area contributed by atoms with Gasteiger partial charge in [-0.05, 0) is 137 Å². The lowest BCUT2D eigenvalue weighted by Gasteiger charge is -2.61. The molecule has 0 aromatic heterocycles. The van der Waals surface area contributed by atoms with Crippen molar-refractivity contribution in [1.29, 1.82) is 0 Å². The highest BCUT2D eigenvalue weighted by Gasteiger charge is 2.60. The molecule has 0 saturated heterocycles. The van der Waals surface area contributed by atoms with Crippen molar-refractivity contribution in [3.05, 3.63) is 0 Å². The number of nitrogens with two attached hydrogens (primary N) is 1. The molecule has 4 saturated carbocycles. The number of nitrogens with one attached hydrogen (secondary N) is 1. The van der Waals surface area contributed by atoms with Crippen molar-refractivity contribution in [2.24, 2.45) is 52.1 Å². The van der Waals surface area contributed by atoms with Crippen LogP contribution < -0.4 is 11.1 Å². The second-order valence-electron chi connectivity index (χ2n) is 13.8. The summed E-state index contributed by atoms with van der Waals surface area (Å²) in [5.41, 5.74) is 6.70. The molecule has 208 valence electrons. The molecule has 0 aromatic rings. The van der Waals surface area contributed by atoms with Gasteiger partial charge >= 0.3 is 5.97 Å². The van der Waals surface area contributed by atoms with E-state index in [1.165, 1.54) is 64.9 Å². The number of likely N-dealkylation sites (N-methyl/N-ethyl adjacent to an activating group) is 1. The van der Waals surface area contributed by atoms with Crippen LogP contribution >= 0.6 is 0 Å². The van der Waals surface area contributed by atoms with Gasteiger partial charge in [0.15, 0.2) is 0 Å². The second-order valence-corrected chi connectivity index (χ2v) is 13.8. The minimum absolute atomic E-state index is 0.0415. The van der Waals surface area contributed by atoms with E-state index in [0.29, 0.717) is 29.2 Å². The van der Waals surface area contributed by atoms with Gasteiger partial charge < -0.3 is 20.7 Å². The van der Waals surface area contributed by atoms with E-state index in [4.69, 9.17) is 10.5 Å². The molecule has 4 aliphatic rings. The smallest absolute Gasteiger partial charge is 0.305 e. The molecule has 0 spiro atoms. The van der Waals surface area contributed by atoms with E-state index < -0.39 is 0 Å². The van der Waals surface area contributed by atoms with Gasteiger partial charge in [0.25, 0.3) is 0 Å². The largest absolute Gasteiger partial charge is 0.469 e. The van der Waals surface area contributed by atoms with E-state index in [0.717, 1.165) is 68.6 Å². The Labute approximate surface area is 222 Å². The molecular formula is C31H57N3O2. The van der Waals surface area contributed by atoms with Crippen molar-refractivity contribution in [2.45, 2.75) is 104 Å². The Morgan fingerprint density at radius 2 is 1.81 bits per heavy atom. The number of hydrogen-bond donors (Lipinski definition) is 2. The van der Waals surface area contributed by atoms with Crippen LogP contribution in [-0.2, 0) is 9.53 Å². The third kappa shape index (κ3) is 5.69. The van der Waals surface area contributed by atoms with Crippen molar-refractivity contribution in [2.75, 3.05) is 40.3 Å². The fraction of sp³-hybridized carbons (Fsp3) is 0.968. The summed E-state index contributed by atoms with van der Waals surface area (Å²) in [5.74, 6) is 5.03. The number of methoxy groups -OCH3 is 1. The van der Waals surface area contributed by atoms with E-state index in [1.807, 2.05) is 0 Å². The average Bonchev–Trinajstić information content (AvgIpc) is 3.23. The zero-order chi connectivity index (χ0) is 25.9. The number of ether oxygens (including phenoxy) is 1. The quantitative estimate of drug-likeness (QED) is 0.366. The number of carbonyl (C=O) groups excluding carboxylic acids is 1. The molecule has 0 amide bonds. The van der Waals surface area contributed by atoms with Crippen molar-refractivity contribution < 1.29 is 9.53 Å². The Morgan fingerprint density at radius 1 is 1.06 bits per heavy atom. The van der Waals surface area contributed by atoms with Crippen molar-refractivity contribution in [3.63, 3.8) is 0 Å². The first-order valence-electron chi connectivity index (χ1n) is 15.4. The monoisotopic (exact) mass is 503 g/mol. The SMILES string of the molecule is COC(=O)CC[C@@H](C)[C@H]1CCC2C3CCC4C[C@@H](NCCN(C)CCCN)CC[C@]4(C)C3CC[C@@]21C. The maximum atomic E-state index is 11.8. The Bertz CT molecular complexity index is 731. The maximum Gasteiger partial charge on any atom is 0.305 e. The molecule has 3 N–H and O–H groups in total. The third-order valence-electron chi connectivity index (χ3n) is 12.1. The standard InChI is InChI=1S/C31H57N3O2/c1-22(7-12-29(35)36-5)26-10-11-27-25-9-8-23-21-24(33-18-20-34(4)19-6-17-32)13-15-30(23,2)28(25)14-16-31(26,27)3/h22-28,33H,6-21,32H2,1-5H3/t22-,23?,24+,25?,26-,27?,28?,30+,31-/m1/s1. The van der Waals surface area contributed by atoms with Crippen LogP contribution in [0.5, 0.6) is 0 Å². The van der Waals surface area contributed by atoms with Gasteiger partial charge in [-0.1, -0.05) is 20.8 Å². The van der Waals surface area contributed by atoms with E-state index in [1.54, 1.807) is 0 Å². The van der Waals surface area contributed by atoms with Crippen LogP contribution in [0.1, 0.15) is 97.8 Å². The van der Waals surface area contributed by atoms with Gasteiger partial charge in [-0.3, -0.25) is 4.79 Å². The summed E-state index contributed by atoms with van der Waals surface area (Å²) in [6, 6.07) is 0.711. The molecular weight excluding hydrogens is 446 g/mol. The second kappa shape index (κ2) is 12.0. The number of esters is 1. The number of nitrogens with zero attached hydrogens (tertiary/aromatic N) is 1. The fourth-order valence-corrected chi connectivity index (χ4v) is 10.0. The molecule has 0 radical (unpaired) electrons. The summed E-state index contributed by atoms with van der Waals surface area (Å²) in [6.07, 6.45) is 15.4. The Morgan fingerprint density at radius 3 is 2.56 bits per heavy atom. The van der Waals surface area contributed by atoms with E-state index in [-0.39, 0.29) is 5.97 Å². The van der Waals surface area contributed by atoms with Crippen LogP contribution in [0.3, 0.4) is 0 Å². The molecule has 36 heavy (non-hydrogen) atoms. The minimum Gasteiger partial charge on any atom is -0.469 e. The van der Waals surface area contributed by atoms with Crippen LogP contribution in [0.25, 0.3) is 0 Å². The Hall–Kier alpha value is -0.650. The van der Waals surface area contributed by atoms with Crippen LogP contribution in [0, 0.1) is 46.3 Å². The first-order valence-corrected chi connectivity index (χ1v) is 15.4. The lowest BCUT2D eigenvalue weighted by molar-refractivity contribution is -0.141. The van der Waals surface area contributed by atoms with Gasteiger partial charge in [-0.25, -0.2) is 0 Å². The third-order valence-corrected chi connectivity index (χ3v) is 12.1. The lowest BCUT2D eigenvalue weighted by Crippen LogP contribution is -2.55. The number of carbonyl (C=O) groups is 1. The van der Waals surface area contributed by atoms with E-state index >= 15 is 0 Å². The summed E-state index contributed by atoms with van der Waals surface area (Å²) in [7, 11) is 3.74. The first-order chi connectivity index (χ1) is 17.2. The molecule has 4 unspecified atom stereocenters.